The highest BCUT2D eigenvalue weighted by Gasteiger charge is 2.33. The predicted octanol–water partition coefficient (Wildman–Crippen LogP) is 4.67. The number of nitrogens with zero attached hydrogens (tertiary/aromatic N) is 3. The van der Waals surface area contributed by atoms with Gasteiger partial charge in [0.2, 0.25) is 11.0 Å². The Morgan fingerprint density at radius 1 is 1.19 bits per heavy atom. The highest BCUT2D eigenvalue weighted by atomic mass is 32.1. The Bertz CT molecular complexity index is 1280. The van der Waals surface area contributed by atoms with Crippen molar-refractivity contribution >= 4 is 33.3 Å². The summed E-state index contributed by atoms with van der Waals surface area (Å²) in [4.78, 5) is 17.3. The van der Waals surface area contributed by atoms with Crippen LogP contribution in [0.2, 0.25) is 0 Å². The van der Waals surface area contributed by atoms with Gasteiger partial charge >= 0.3 is 0 Å². The number of aromatic nitrogens is 3. The standard InChI is InChI=1S/C23H22N4O3S/c1-4-30-15-7-5-14(6-8-15)17-12-20(28)25-22-21(17)13(2)26-27(22)23-24-18-10-9-16(29-3)11-19(18)31-23/h5-11,17H,4,12H2,1-3H3,(H,25,28). The Hall–Kier alpha value is -3.39. The van der Waals surface area contributed by atoms with Gasteiger partial charge in [0.15, 0.2) is 0 Å². The van der Waals surface area contributed by atoms with Crippen LogP contribution in [0.5, 0.6) is 11.5 Å². The van der Waals surface area contributed by atoms with Crippen LogP contribution in [0.4, 0.5) is 5.82 Å². The number of carbonyl (C=O) groups excluding carboxylic acids is 1. The molecule has 0 fully saturated rings. The number of anilines is 1. The highest BCUT2D eigenvalue weighted by molar-refractivity contribution is 7.20. The molecule has 1 aliphatic rings. The third kappa shape index (κ3) is 3.42. The zero-order valence-corrected chi connectivity index (χ0v) is 18.3. The molecule has 4 aromatic rings. The molecule has 2 aromatic heterocycles. The molecule has 1 N–H and O–H groups in total. The van der Waals surface area contributed by atoms with Crippen molar-refractivity contribution in [1.29, 1.82) is 0 Å². The first-order valence-corrected chi connectivity index (χ1v) is 11.0. The second-order valence-corrected chi connectivity index (χ2v) is 8.41. The summed E-state index contributed by atoms with van der Waals surface area (Å²) in [5, 5.41) is 8.48. The predicted molar refractivity (Wildman–Crippen MR) is 121 cm³/mol. The molecule has 0 aliphatic carbocycles. The lowest BCUT2D eigenvalue weighted by Crippen LogP contribution is -2.24. The van der Waals surface area contributed by atoms with Crippen molar-refractivity contribution in [3.8, 4) is 16.6 Å². The molecule has 5 rings (SSSR count). The summed E-state index contributed by atoms with van der Waals surface area (Å²) >= 11 is 1.51. The lowest BCUT2D eigenvalue weighted by molar-refractivity contribution is -0.116. The largest absolute Gasteiger partial charge is 0.497 e. The van der Waals surface area contributed by atoms with E-state index in [9.17, 15) is 4.79 Å². The third-order valence-corrected chi connectivity index (χ3v) is 6.46. The number of methoxy groups -OCH3 is 1. The van der Waals surface area contributed by atoms with Gasteiger partial charge in [0, 0.05) is 17.9 Å². The van der Waals surface area contributed by atoms with E-state index in [-0.39, 0.29) is 11.8 Å². The number of rotatable bonds is 5. The number of aryl methyl sites for hydroxylation is 1. The Balaban J connectivity index is 1.59. The molecule has 0 bridgehead atoms. The van der Waals surface area contributed by atoms with Gasteiger partial charge in [0.05, 0.1) is 29.6 Å². The van der Waals surface area contributed by atoms with Gasteiger partial charge in [0.25, 0.3) is 0 Å². The first-order chi connectivity index (χ1) is 15.1. The van der Waals surface area contributed by atoms with Gasteiger partial charge in [-0.2, -0.15) is 9.78 Å². The summed E-state index contributed by atoms with van der Waals surface area (Å²) < 4.78 is 13.6. The van der Waals surface area contributed by atoms with Crippen LogP contribution in [-0.2, 0) is 4.79 Å². The lowest BCUT2D eigenvalue weighted by atomic mass is 9.86. The van der Waals surface area contributed by atoms with Crippen LogP contribution in [0.1, 0.15) is 36.1 Å². The first kappa shape index (κ1) is 19.6. The number of hydrogen-bond acceptors (Lipinski definition) is 6. The van der Waals surface area contributed by atoms with Crippen molar-refractivity contribution in [2.75, 3.05) is 19.0 Å². The Morgan fingerprint density at radius 3 is 2.71 bits per heavy atom. The number of fused-ring (bicyclic) bond motifs is 2. The fourth-order valence-electron chi connectivity index (χ4n) is 4.04. The van der Waals surface area contributed by atoms with Gasteiger partial charge in [0.1, 0.15) is 17.3 Å². The fourth-order valence-corrected chi connectivity index (χ4v) is 5.00. The topological polar surface area (TPSA) is 78.3 Å². The SMILES string of the molecule is CCOc1ccc(C2CC(=O)Nc3c2c(C)nn3-c2nc3ccc(OC)cc3s2)cc1. The van der Waals surface area contributed by atoms with E-state index in [1.165, 1.54) is 11.3 Å². The zero-order chi connectivity index (χ0) is 21.5. The summed E-state index contributed by atoms with van der Waals surface area (Å²) in [7, 11) is 1.65. The minimum Gasteiger partial charge on any atom is -0.497 e. The average Bonchev–Trinajstić information content (AvgIpc) is 3.34. The van der Waals surface area contributed by atoms with Crippen LogP contribution in [-0.4, -0.2) is 34.4 Å². The molecule has 7 nitrogen and oxygen atoms in total. The normalized spacial score (nSPS) is 15.6. The molecule has 3 heterocycles. The van der Waals surface area contributed by atoms with Crippen LogP contribution >= 0.6 is 11.3 Å². The minimum atomic E-state index is -0.0670. The van der Waals surface area contributed by atoms with E-state index in [0.717, 1.165) is 38.5 Å². The van der Waals surface area contributed by atoms with Crippen LogP contribution in [0, 0.1) is 6.92 Å². The molecule has 158 valence electrons. The fraction of sp³-hybridized carbons (Fsp3) is 0.261. The molecule has 8 heteroatoms. The van der Waals surface area contributed by atoms with E-state index < -0.39 is 0 Å². The van der Waals surface area contributed by atoms with Gasteiger partial charge in [-0.15, -0.1) is 0 Å². The summed E-state index contributed by atoms with van der Waals surface area (Å²) in [6.07, 6.45) is 0.380. The monoisotopic (exact) mass is 434 g/mol. The van der Waals surface area contributed by atoms with Crippen LogP contribution in [0.25, 0.3) is 15.3 Å². The molecular weight excluding hydrogens is 412 g/mol. The summed E-state index contributed by atoms with van der Waals surface area (Å²) in [6.45, 7) is 4.56. The average molecular weight is 435 g/mol. The number of carbonyl (C=O) groups is 1. The van der Waals surface area contributed by atoms with E-state index >= 15 is 0 Å². The van der Waals surface area contributed by atoms with Crippen LogP contribution < -0.4 is 14.8 Å². The molecule has 2 aromatic carbocycles. The van der Waals surface area contributed by atoms with Crippen molar-refractivity contribution < 1.29 is 14.3 Å². The van der Waals surface area contributed by atoms with Crippen molar-refractivity contribution in [1.82, 2.24) is 14.8 Å². The molecule has 1 atom stereocenters. The van der Waals surface area contributed by atoms with E-state index in [1.54, 1.807) is 11.8 Å². The maximum Gasteiger partial charge on any atom is 0.226 e. The Labute approximate surface area is 183 Å². The molecule has 31 heavy (non-hydrogen) atoms. The minimum absolute atomic E-state index is 0.0321. The molecule has 0 saturated heterocycles. The number of nitrogens with one attached hydrogen (secondary N) is 1. The Kier molecular flexibility index (Phi) is 4.86. The maximum atomic E-state index is 12.6. The molecule has 1 aliphatic heterocycles. The van der Waals surface area contributed by atoms with Gasteiger partial charge in [-0.3, -0.25) is 4.79 Å². The van der Waals surface area contributed by atoms with Gasteiger partial charge < -0.3 is 14.8 Å². The quantitative estimate of drug-likeness (QED) is 0.494. The summed E-state index contributed by atoms with van der Waals surface area (Å²) in [6, 6.07) is 13.7. The van der Waals surface area contributed by atoms with E-state index in [4.69, 9.17) is 19.6 Å². The highest BCUT2D eigenvalue weighted by Crippen LogP contribution is 2.41. The van der Waals surface area contributed by atoms with Crippen LogP contribution in [0.3, 0.4) is 0 Å². The number of benzene rings is 2. The third-order valence-electron chi connectivity index (χ3n) is 5.46. The second-order valence-electron chi connectivity index (χ2n) is 7.40. The number of hydrogen-bond donors (Lipinski definition) is 1. The first-order valence-electron chi connectivity index (χ1n) is 10.1. The molecule has 1 unspecified atom stereocenters. The van der Waals surface area contributed by atoms with Crippen molar-refractivity contribution in [2.45, 2.75) is 26.2 Å². The lowest BCUT2D eigenvalue weighted by Gasteiger charge is -2.24. The van der Waals surface area contributed by atoms with Gasteiger partial charge in [-0.25, -0.2) is 4.98 Å². The van der Waals surface area contributed by atoms with E-state index in [1.807, 2.05) is 56.3 Å². The maximum absolute atomic E-state index is 12.6. The number of amides is 1. The van der Waals surface area contributed by atoms with Crippen LogP contribution in [0.15, 0.2) is 42.5 Å². The second kappa shape index (κ2) is 7.70. The van der Waals surface area contributed by atoms with Gasteiger partial charge in [-0.05, 0) is 49.7 Å². The van der Waals surface area contributed by atoms with Crippen molar-refractivity contribution in [3.05, 3.63) is 59.3 Å². The molecule has 0 radical (unpaired) electrons. The van der Waals surface area contributed by atoms with Crippen molar-refractivity contribution in [2.24, 2.45) is 0 Å². The van der Waals surface area contributed by atoms with E-state index in [0.29, 0.717) is 24.0 Å². The van der Waals surface area contributed by atoms with E-state index in [2.05, 4.69) is 5.32 Å². The van der Waals surface area contributed by atoms with Crippen molar-refractivity contribution in [3.63, 3.8) is 0 Å². The Morgan fingerprint density at radius 2 is 1.97 bits per heavy atom. The molecule has 0 saturated carbocycles. The number of thiazole rings is 1. The molecule has 1 amide bonds. The molecular formula is C23H22N4O3S. The van der Waals surface area contributed by atoms with Gasteiger partial charge in [-0.1, -0.05) is 23.5 Å². The zero-order valence-electron chi connectivity index (χ0n) is 17.5. The molecule has 0 spiro atoms. The summed E-state index contributed by atoms with van der Waals surface area (Å²) in [5.74, 6) is 2.20. The number of ether oxygens (including phenoxy) is 2. The smallest absolute Gasteiger partial charge is 0.226 e. The summed E-state index contributed by atoms with van der Waals surface area (Å²) in [5.41, 5.74) is 3.84.